The van der Waals surface area contributed by atoms with Gasteiger partial charge in [-0.1, -0.05) is 30.3 Å². The number of hydrazine groups is 1. The molecule has 2 saturated heterocycles. The number of piperidine rings is 1. The maximum Gasteiger partial charge on any atom is 0.227 e. The minimum atomic E-state index is -0.589. The summed E-state index contributed by atoms with van der Waals surface area (Å²) in [5.41, 5.74) is 9.63. The number of carbonyl (C=O) groups is 1. The van der Waals surface area contributed by atoms with E-state index in [-0.39, 0.29) is 34.7 Å². The van der Waals surface area contributed by atoms with Gasteiger partial charge in [-0.3, -0.25) is 20.5 Å². The van der Waals surface area contributed by atoms with Gasteiger partial charge in [0, 0.05) is 55.2 Å². The molecule has 2 aliphatic heterocycles. The Kier molecular flexibility index (Phi) is 6.68. The number of fused-ring (bicyclic) bond motifs is 2. The van der Waals surface area contributed by atoms with Crippen LogP contribution in [0.1, 0.15) is 68.7 Å². The van der Waals surface area contributed by atoms with Crippen LogP contribution in [0.2, 0.25) is 0 Å². The normalized spacial score (nSPS) is 25.9. The average molecular weight is 497 g/mol. The summed E-state index contributed by atoms with van der Waals surface area (Å²) < 4.78 is 28.5. The van der Waals surface area contributed by atoms with Crippen molar-refractivity contribution in [1.82, 2.24) is 20.7 Å². The standard InChI is InChI=1S/C29H38F2N4O/c1-28(2,3)35-17-22(20-10-9-19(30)15-25(20)31)23(18-35)27(36)34-13-11-29(12-14-34)16-26(33-32-4)21-7-5-6-8-24(21)29/h5-10,15,22-23,26,32-33H,11-14,16-18H2,1-4H3. The molecule has 2 heterocycles. The summed E-state index contributed by atoms with van der Waals surface area (Å²) in [6.45, 7) is 8.93. The summed E-state index contributed by atoms with van der Waals surface area (Å²) in [7, 11) is 1.90. The largest absolute Gasteiger partial charge is 0.342 e. The monoisotopic (exact) mass is 496 g/mol. The van der Waals surface area contributed by atoms with Crippen molar-refractivity contribution >= 4 is 5.91 Å². The Morgan fingerprint density at radius 1 is 1.03 bits per heavy atom. The molecule has 0 saturated carbocycles. The maximum absolute atomic E-state index is 14.9. The lowest BCUT2D eigenvalue weighted by molar-refractivity contribution is -0.137. The van der Waals surface area contributed by atoms with Gasteiger partial charge < -0.3 is 4.90 Å². The van der Waals surface area contributed by atoms with Crippen LogP contribution in [-0.4, -0.2) is 54.5 Å². The predicted molar refractivity (Wildman–Crippen MR) is 137 cm³/mol. The van der Waals surface area contributed by atoms with Crippen molar-refractivity contribution in [2.75, 3.05) is 33.2 Å². The van der Waals surface area contributed by atoms with Crippen LogP contribution in [0.25, 0.3) is 0 Å². The van der Waals surface area contributed by atoms with E-state index in [1.54, 1.807) is 0 Å². The maximum atomic E-state index is 14.9. The van der Waals surface area contributed by atoms with E-state index in [2.05, 4.69) is 60.8 Å². The molecule has 2 aromatic carbocycles. The van der Waals surface area contributed by atoms with Crippen LogP contribution in [0.3, 0.4) is 0 Å². The molecule has 7 heteroatoms. The summed E-state index contributed by atoms with van der Waals surface area (Å²) in [5.74, 6) is -1.68. The fourth-order valence-corrected chi connectivity index (χ4v) is 6.78. The highest BCUT2D eigenvalue weighted by Gasteiger charge is 2.48. The first-order valence-electron chi connectivity index (χ1n) is 13.1. The number of hydrogen-bond donors (Lipinski definition) is 2. The van der Waals surface area contributed by atoms with Crippen LogP contribution in [0, 0.1) is 17.6 Å². The molecule has 2 N–H and O–H groups in total. The van der Waals surface area contributed by atoms with E-state index < -0.39 is 11.6 Å². The van der Waals surface area contributed by atoms with Gasteiger partial charge in [-0.15, -0.1) is 0 Å². The van der Waals surface area contributed by atoms with Gasteiger partial charge in [0.05, 0.1) is 5.92 Å². The third-order valence-corrected chi connectivity index (χ3v) is 8.80. The van der Waals surface area contributed by atoms with E-state index >= 15 is 0 Å². The van der Waals surface area contributed by atoms with Gasteiger partial charge in [0.25, 0.3) is 0 Å². The summed E-state index contributed by atoms with van der Waals surface area (Å²) in [6, 6.07) is 12.7. The summed E-state index contributed by atoms with van der Waals surface area (Å²) >= 11 is 0. The van der Waals surface area contributed by atoms with Crippen molar-refractivity contribution in [3.8, 4) is 0 Å². The predicted octanol–water partition coefficient (Wildman–Crippen LogP) is 4.51. The van der Waals surface area contributed by atoms with Crippen LogP contribution >= 0.6 is 0 Å². The zero-order valence-corrected chi connectivity index (χ0v) is 21.8. The molecule has 3 unspecified atom stereocenters. The molecule has 194 valence electrons. The topological polar surface area (TPSA) is 47.6 Å². The number of likely N-dealkylation sites (tertiary alicyclic amines) is 2. The summed E-state index contributed by atoms with van der Waals surface area (Å²) in [6.07, 6.45) is 2.85. The average Bonchev–Trinajstić information content (AvgIpc) is 3.41. The Morgan fingerprint density at radius 3 is 2.42 bits per heavy atom. The number of benzene rings is 2. The van der Waals surface area contributed by atoms with Crippen molar-refractivity contribution in [3.05, 3.63) is 70.8 Å². The zero-order valence-electron chi connectivity index (χ0n) is 21.8. The summed E-state index contributed by atoms with van der Waals surface area (Å²) in [4.78, 5) is 18.2. The number of carbonyl (C=O) groups excluding carboxylic acids is 1. The lowest BCUT2D eigenvalue weighted by Gasteiger charge is -2.41. The van der Waals surface area contributed by atoms with Crippen LogP contribution in [0.5, 0.6) is 0 Å². The molecule has 0 bridgehead atoms. The van der Waals surface area contributed by atoms with Gasteiger partial charge in [0.2, 0.25) is 5.91 Å². The number of nitrogens with one attached hydrogen (secondary N) is 2. The molecule has 5 nitrogen and oxygen atoms in total. The SMILES string of the molecule is CNNC1CC2(CCN(C(=O)C3CN(C(C)(C)C)CC3c3ccc(F)cc3F)CC2)c2ccccc21. The van der Waals surface area contributed by atoms with E-state index in [1.165, 1.54) is 23.3 Å². The number of amides is 1. The first-order chi connectivity index (χ1) is 17.1. The minimum Gasteiger partial charge on any atom is -0.342 e. The third kappa shape index (κ3) is 4.46. The molecule has 3 atom stereocenters. The molecule has 1 amide bonds. The van der Waals surface area contributed by atoms with Gasteiger partial charge in [-0.25, -0.2) is 8.78 Å². The van der Waals surface area contributed by atoms with E-state index in [4.69, 9.17) is 0 Å². The molecular formula is C29H38F2N4O. The van der Waals surface area contributed by atoms with E-state index in [0.717, 1.165) is 25.3 Å². The Labute approximate surface area is 213 Å². The van der Waals surface area contributed by atoms with Crippen molar-refractivity contribution in [3.63, 3.8) is 0 Å². The number of halogens is 2. The van der Waals surface area contributed by atoms with Gasteiger partial charge in [-0.05, 0) is 69.8 Å². The molecule has 1 aliphatic carbocycles. The third-order valence-electron chi connectivity index (χ3n) is 8.80. The first kappa shape index (κ1) is 25.3. The second kappa shape index (κ2) is 9.51. The van der Waals surface area contributed by atoms with E-state index in [0.29, 0.717) is 31.7 Å². The molecule has 0 aromatic heterocycles. The van der Waals surface area contributed by atoms with Gasteiger partial charge in [0.1, 0.15) is 11.6 Å². The van der Waals surface area contributed by atoms with Crippen molar-refractivity contribution in [1.29, 1.82) is 0 Å². The van der Waals surface area contributed by atoms with Crippen LogP contribution in [-0.2, 0) is 10.2 Å². The molecule has 5 rings (SSSR count). The quantitative estimate of drug-likeness (QED) is 0.612. The number of rotatable bonds is 4. The minimum absolute atomic E-state index is 0.0669. The van der Waals surface area contributed by atoms with Gasteiger partial charge in [-0.2, -0.15) is 0 Å². The fourth-order valence-electron chi connectivity index (χ4n) is 6.78. The molecule has 1 spiro atoms. The zero-order chi connectivity index (χ0) is 25.7. The fraction of sp³-hybridized carbons (Fsp3) is 0.552. The van der Waals surface area contributed by atoms with Crippen molar-refractivity contribution in [2.45, 2.75) is 62.9 Å². The van der Waals surface area contributed by atoms with E-state index in [9.17, 15) is 13.6 Å². The lowest BCUT2D eigenvalue weighted by atomic mass is 9.73. The highest BCUT2D eigenvalue weighted by atomic mass is 19.1. The molecular weight excluding hydrogens is 458 g/mol. The van der Waals surface area contributed by atoms with Crippen LogP contribution < -0.4 is 10.9 Å². The molecule has 2 fully saturated rings. The van der Waals surface area contributed by atoms with Crippen LogP contribution in [0.15, 0.2) is 42.5 Å². The van der Waals surface area contributed by atoms with Crippen molar-refractivity contribution in [2.24, 2.45) is 5.92 Å². The van der Waals surface area contributed by atoms with Crippen LogP contribution in [0.4, 0.5) is 8.78 Å². The van der Waals surface area contributed by atoms with Crippen molar-refractivity contribution < 1.29 is 13.6 Å². The lowest BCUT2D eigenvalue weighted by Crippen LogP contribution is -2.48. The Bertz CT molecular complexity index is 1120. The molecule has 36 heavy (non-hydrogen) atoms. The Morgan fingerprint density at radius 2 is 1.75 bits per heavy atom. The number of nitrogens with zero attached hydrogens (tertiary/aromatic N) is 2. The van der Waals surface area contributed by atoms with Gasteiger partial charge in [0.15, 0.2) is 0 Å². The second-order valence-electron chi connectivity index (χ2n) is 11.8. The Hall–Kier alpha value is -2.35. The van der Waals surface area contributed by atoms with Gasteiger partial charge >= 0.3 is 0 Å². The highest BCUT2D eigenvalue weighted by molar-refractivity contribution is 5.81. The molecule has 0 radical (unpaired) electrons. The highest BCUT2D eigenvalue weighted by Crippen LogP contribution is 2.51. The number of hydrogen-bond acceptors (Lipinski definition) is 4. The van der Waals surface area contributed by atoms with E-state index in [1.807, 2.05) is 11.9 Å². The Balaban J connectivity index is 1.36. The second-order valence-corrected chi connectivity index (χ2v) is 11.8. The smallest absolute Gasteiger partial charge is 0.227 e. The molecule has 3 aliphatic rings. The summed E-state index contributed by atoms with van der Waals surface area (Å²) in [5, 5.41) is 0. The molecule has 2 aromatic rings. The first-order valence-corrected chi connectivity index (χ1v) is 13.1.